The van der Waals surface area contributed by atoms with E-state index in [-0.39, 0.29) is 30.6 Å². The normalized spacial score (nSPS) is 19.7. The zero-order valence-electron chi connectivity index (χ0n) is 11.6. The lowest BCUT2D eigenvalue weighted by atomic mass is 10.2. The number of carbonyl (C=O) groups excluding carboxylic acids is 2. The van der Waals surface area contributed by atoms with E-state index < -0.39 is 23.6 Å². The van der Waals surface area contributed by atoms with Crippen LogP contribution in [0, 0.1) is 11.6 Å². The Bertz CT molecular complexity index is 543. The highest BCUT2D eigenvalue weighted by Crippen LogP contribution is 2.27. The Labute approximate surface area is 121 Å². The van der Waals surface area contributed by atoms with Gasteiger partial charge in [-0.2, -0.15) is 0 Å². The summed E-state index contributed by atoms with van der Waals surface area (Å²) in [7, 11) is 0. The van der Waals surface area contributed by atoms with E-state index in [4.69, 9.17) is 5.73 Å². The average molecular weight is 297 g/mol. The molecule has 1 aliphatic rings. The van der Waals surface area contributed by atoms with E-state index in [0.29, 0.717) is 6.42 Å². The summed E-state index contributed by atoms with van der Waals surface area (Å²) in [5.74, 6) is -2.46. The Balaban J connectivity index is 2.10. The Kier molecular flexibility index (Phi) is 4.52. The van der Waals surface area contributed by atoms with E-state index in [2.05, 4.69) is 5.32 Å². The Morgan fingerprint density at radius 3 is 2.67 bits per heavy atom. The van der Waals surface area contributed by atoms with Crippen molar-refractivity contribution in [1.82, 2.24) is 5.32 Å². The lowest BCUT2D eigenvalue weighted by Gasteiger charge is -2.18. The van der Waals surface area contributed by atoms with Crippen LogP contribution in [-0.2, 0) is 9.59 Å². The topological polar surface area (TPSA) is 75.4 Å². The number of para-hydroxylation sites is 1. The first-order valence-corrected chi connectivity index (χ1v) is 6.70. The first-order valence-electron chi connectivity index (χ1n) is 6.70. The molecule has 7 heteroatoms. The van der Waals surface area contributed by atoms with Crippen LogP contribution in [-0.4, -0.2) is 30.4 Å². The van der Waals surface area contributed by atoms with Gasteiger partial charge < -0.3 is 16.0 Å². The van der Waals surface area contributed by atoms with Crippen molar-refractivity contribution in [3.8, 4) is 0 Å². The van der Waals surface area contributed by atoms with E-state index in [0.717, 1.165) is 17.0 Å². The highest BCUT2D eigenvalue weighted by atomic mass is 19.1. The van der Waals surface area contributed by atoms with Crippen LogP contribution < -0.4 is 16.0 Å². The maximum absolute atomic E-state index is 13.7. The van der Waals surface area contributed by atoms with Crippen LogP contribution in [0.5, 0.6) is 0 Å². The van der Waals surface area contributed by atoms with Crippen molar-refractivity contribution in [2.45, 2.75) is 31.8 Å². The molecule has 0 aliphatic carbocycles. The second-order valence-electron chi connectivity index (χ2n) is 5.15. The number of nitrogens with two attached hydrogens (primary N) is 1. The fourth-order valence-electron chi connectivity index (χ4n) is 2.33. The SMILES string of the molecule is CC(N)CC(=O)NC1CCN(c2c(F)cccc2F)C1=O. The van der Waals surface area contributed by atoms with Crippen molar-refractivity contribution in [2.24, 2.45) is 5.73 Å². The molecule has 5 nitrogen and oxygen atoms in total. The smallest absolute Gasteiger partial charge is 0.249 e. The fourth-order valence-corrected chi connectivity index (χ4v) is 2.33. The molecule has 114 valence electrons. The van der Waals surface area contributed by atoms with Gasteiger partial charge >= 0.3 is 0 Å². The molecule has 1 aromatic rings. The Morgan fingerprint density at radius 1 is 1.48 bits per heavy atom. The maximum Gasteiger partial charge on any atom is 0.249 e. The van der Waals surface area contributed by atoms with Crippen molar-refractivity contribution in [3.05, 3.63) is 29.8 Å². The van der Waals surface area contributed by atoms with Crippen LogP contribution in [0.15, 0.2) is 18.2 Å². The molecular formula is C14H17F2N3O2. The minimum absolute atomic E-state index is 0.0951. The minimum atomic E-state index is -0.800. The summed E-state index contributed by atoms with van der Waals surface area (Å²) in [6, 6.07) is 2.33. The van der Waals surface area contributed by atoms with E-state index in [9.17, 15) is 18.4 Å². The number of benzene rings is 1. The van der Waals surface area contributed by atoms with Crippen LogP contribution in [0.1, 0.15) is 19.8 Å². The van der Waals surface area contributed by atoms with Gasteiger partial charge in [0.15, 0.2) is 0 Å². The molecule has 0 saturated carbocycles. The summed E-state index contributed by atoms with van der Waals surface area (Å²) >= 11 is 0. The Hall–Kier alpha value is -2.02. The van der Waals surface area contributed by atoms with Gasteiger partial charge in [0.05, 0.1) is 0 Å². The third-order valence-corrected chi connectivity index (χ3v) is 3.26. The second kappa shape index (κ2) is 6.17. The third kappa shape index (κ3) is 3.36. The molecule has 1 fully saturated rings. The third-order valence-electron chi connectivity index (χ3n) is 3.26. The first-order chi connectivity index (χ1) is 9.90. The molecule has 0 bridgehead atoms. The molecule has 1 heterocycles. The monoisotopic (exact) mass is 297 g/mol. The zero-order valence-corrected chi connectivity index (χ0v) is 11.6. The van der Waals surface area contributed by atoms with Gasteiger partial charge in [-0.1, -0.05) is 6.07 Å². The van der Waals surface area contributed by atoms with Gasteiger partial charge in [0.1, 0.15) is 23.4 Å². The minimum Gasteiger partial charge on any atom is -0.344 e. The molecule has 2 rings (SSSR count). The molecule has 0 spiro atoms. The zero-order chi connectivity index (χ0) is 15.6. The summed E-state index contributed by atoms with van der Waals surface area (Å²) in [4.78, 5) is 24.8. The number of carbonyl (C=O) groups is 2. The van der Waals surface area contributed by atoms with Gasteiger partial charge in [-0.25, -0.2) is 8.78 Å². The van der Waals surface area contributed by atoms with Crippen molar-refractivity contribution in [2.75, 3.05) is 11.4 Å². The van der Waals surface area contributed by atoms with Crippen molar-refractivity contribution in [1.29, 1.82) is 0 Å². The number of amides is 2. The van der Waals surface area contributed by atoms with Gasteiger partial charge in [-0.05, 0) is 25.5 Å². The largest absolute Gasteiger partial charge is 0.344 e. The number of nitrogens with zero attached hydrogens (tertiary/aromatic N) is 1. The van der Waals surface area contributed by atoms with E-state index in [1.165, 1.54) is 6.07 Å². The molecule has 2 atom stereocenters. The standard InChI is InChI=1S/C14H17F2N3O2/c1-8(17)7-12(20)18-11-5-6-19(14(11)21)13-9(15)3-2-4-10(13)16/h2-4,8,11H,5-7,17H2,1H3,(H,18,20). The molecular weight excluding hydrogens is 280 g/mol. The summed E-state index contributed by atoms with van der Waals surface area (Å²) < 4.78 is 27.4. The van der Waals surface area contributed by atoms with Crippen molar-refractivity contribution in [3.63, 3.8) is 0 Å². The van der Waals surface area contributed by atoms with Crippen LogP contribution in [0.2, 0.25) is 0 Å². The van der Waals surface area contributed by atoms with E-state index in [1.54, 1.807) is 6.92 Å². The highest BCUT2D eigenvalue weighted by Gasteiger charge is 2.36. The highest BCUT2D eigenvalue weighted by molar-refractivity contribution is 6.01. The Morgan fingerprint density at radius 2 is 2.10 bits per heavy atom. The molecule has 0 aromatic heterocycles. The van der Waals surface area contributed by atoms with Crippen LogP contribution in [0.4, 0.5) is 14.5 Å². The fraction of sp³-hybridized carbons (Fsp3) is 0.429. The van der Waals surface area contributed by atoms with Crippen molar-refractivity contribution >= 4 is 17.5 Å². The predicted molar refractivity (Wildman–Crippen MR) is 73.5 cm³/mol. The van der Waals surface area contributed by atoms with Gasteiger partial charge in [-0.15, -0.1) is 0 Å². The summed E-state index contributed by atoms with van der Waals surface area (Å²) in [5.41, 5.74) is 5.14. The first kappa shape index (κ1) is 15.4. The van der Waals surface area contributed by atoms with Crippen LogP contribution in [0.3, 0.4) is 0 Å². The molecule has 2 unspecified atom stereocenters. The molecule has 1 aromatic carbocycles. The number of hydrogen-bond acceptors (Lipinski definition) is 3. The average Bonchev–Trinajstić information content (AvgIpc) is 2.71. The number of rotatable bonds is 4. The summed E-state index contributed by atoms with van der Waals surface area (Å²) in [6.07, 6.45) is 0.398. The van der Waals surface area contributed by atoms with E-state index in [1.807, 2.05) is 0 Å². The molecule has 0 radical (unpaired) electrons. The number of hydrogen-bond donors (Lipinski definition) is 2. The lowest BCUT2D eigenvalue weighted by molar-refractivity contribution is -0.126. The van der Waals surface area contributed by atoms with Crippen LogP contribution in [0.25, 0.3) is 0 Å². The molecule has 1 saturated heterocycles. The molecule has 3 N–H and O–H groups in total. The lowest BCUT2D eigenvalue weighted by Crippen LogP contribution is -2.43. The number of nitrogens with one attached hydrogen (secondary N) is 1. The number of halogens is 2. The van der Waals surface area contributed by atoms with Gasteiger partial charge in [0, 0.05) is 19.0 Å². The maximum atomic E-state index is 13.7. The molecule has 2 amide bonds. The van der Waals surface area contributed by atoms with Crippen LogP contribution >= 0.6 is 0 Å². The van der Waals surface area contributed by atoms with E-state index >= 15 is 0 Å². The second-order valence-corrected chi connectivity index (χ2v) is 5.15. The van der Waals surface area contributed by atoms with Gasteiger partial charge in [0.2, 0.25) is 11.8 Å². The summed E-state index contributed by atoms with van der Waals surface area (Å²) in [6.45, 7) is 1.83. The molecule has 21 heavy (non-hydrogen) atoms. The predicted octanol–water partition coefficient (Wildman–Crippen LogP) is 0.924. The van der Waals surface area contributed by atoms with Crippen molar-refractivity contribution < 1.29 is 18.4 Å². The molecule has 1 aliphatic heterocycles. The van der Waals surface area contributed by atoms with Gasteiger partial charge in [0.25, 0.3) is 0 Å². The summed E-state index contributed by atoms with van der Waals surface area (Å²) in [5, 5.41) is 2.54. The van der Waals surface area contributed by atoms with Gasteiger partial charge in [-0.3, -0.25) is 9.59 Å². The number of anilines is 1. The quantitative estimate of drug-likeness (QED) is 0.868.